The number of hydrogen-bond acceptors (Lipinski definition) is 3. The molecule has 0 bridgehead atoms. The van der Waals surface area contributed by atoms with E-state index < -0.39 is 0 Å². The summed E-state index contributed by atoms with van der Waals surface area (Å²) in [6.07, 6.45) is 1.02. The van der Waals surface area contributed by atoms with Crippen molar-refractivity contribution in [3.63, 3.8) is 0 Å². The van der Waals surface area contributed by atoms with Crippen molar-refractivity contribution in [3.8, 4) is 0 Å². The van der Waals surface area contributed by atoms with Crippen LogP contribution in [-0.2, 0) is 6.42 Å². The van der Waals surface area contributed by atoms with Crippen molar-refractivity contribution in [2.24, 2.45) is 0 Å². The van der Waals surface area contributed by atoms with Crippen LogP contribution in [0.15, 0.2) is 12.1 Å². The SMILES string of the molecule is CCc1nc(N2CCN(C)[C@@H](C)C2)ccc1C. The van der Waals surface area contributed by atoms with E-state index in [-0.39, 0.29) is 0 Å². The lowest BCUT2D eigenvalue weighted by Gasteiger charge is -2.38. The summed E-state index contributed by atoms with van der Waals surface area (Å²) in [6.45, 7) is 9.88. The van der Waals surface area contributed by atoms with Crippen LogP contribution in [-0.4, -0.2) is 42.6 Å². The Balaban J connectivity index is 2.17. The third-order valence-corrected chi connectivity index (χ3v) is 3.81. The second kappa shape index (κ2) is 5.05. The van der Waals surface area contributed by atoms with Crippen molar-refractivity contribution in [1.29, 1.82) is 0 Å². The van der Waals surface area contributed by atoms with Crippen LogP contribution in [0, 0.1) is 6.92 Å². The predicted octanol–water partition coefficient (Wildman–Crippen LogP) is 2.09. The highest BCUT2D eigenvalue weighted by Gasteiger charge is 2.21. The predicted molar refractivity (Wildman–Crippen MR) is 72.7 cm³/mol. The van der Waals surface area contributed by atoms with E-state index in [0.29, 0.717) is 6.04 Å². The standard InChI is InChI=1S/C14H23N3/c1-5-13-11(2)6-7-14(15-13)17-9-8-16(4)12(3)10-17/h6-7,12H,5,8-10H2,1-4H3/t12-/m0/s1. The first-order chi connectivity index (χ1) is 8.11. The van der Waals surface area contributed by atoms with Gasteiger partial charge >= 0.3 is 0 Å². The van der Waals surface area contributed by atoms with Gasteiger partial charge in [0.05, 0.1) is 0 Å². The van der Waals surface area contributed by atoms with Crippen molar-refractivity contribution in [1.82, 2.24) is 9.88 Å². The molecule has 0 radical (unpaired) electrons. The van der Waals surface area contributed by atoms with Gasteiger partial charge in [-0.05, 0) is 38.9 Å². The van der Waals surface area contributed by atoms with Gasteiger partial charge in [0.1, 0.15) is 5.82 Å². The van der Waals surface area contributed by atoms with Crippen LogP contribution in [0.4, 0.5) is 5.82 Å². The van der Waals surface area contributed by atoms with Gasteiger partial charge < -0.3 is 9.80 Å². The molecule has 1 atom stereocenters. The number of nitrogens with zero attached hydrogens (tertiary/aromatic N) is 3. The Morgan fingerprint density at radius 2 is 2.12 bits per heavy atom. The molecule has 0 aliphatic carbocycles. The molecule has 3 nitrogen and oxygen atoms in total. The Morgan fingerprint density at radius 3 is 2.76 bits per heavy atom. The lowest BCUT2D eigenvalue weighted by Crippen LogP contribution is -2.50. The Bertz CT molecular complexity index is 389. The molecule has 94 valence electrons. The highest BCUT2D eigenvalue weighted by molar-refractivity contribution is 5.42. The molecule has 1 fully saturated rings. The summed E-state index contributed by atoms with van der Waals surface area (Å²) in [7, 11) is 2.20. The molecule has 1 aliphatic rings. The van der Waals surface area contributed by atoms with E-state index in [1.165, 1.54) is 11.3 Å². The number of aryl methyl sites for hydroxylation is 2. The monoisotopic (exact) mass is 233 g/mol. The molecule has 17 heavy (non-hydrogen) atoms. The van der Waals surface area contributed by atoms with Gasteiger partial charge in [-0.15, -0.1) is 0 Å². The van der Waals surface area contributed by atoms with Crippen molar-refractivity contribution < 1.29 is 0 Å². The Labute approximate surface area is 104 Å². The molecular formula is C14H23N3. The van der Waals surface area contributed by atoms with Crippen LogP contribution < -0.4 is 4.90 Å². The Morgan fingerprint density at radius 1 is 1.35 bits per heavy atom. The molecule has 2 rings (SSSR count). The molecule has 0 N–H and O–H groups in total. The first-order valence-corrected chi connectivity index (χ1v) is 6.53. The number of rotatable bonds is 2. The van der Waals surface area contributed by atoms with E-state index >= 15 is 0 Å². The zero-order valence-electron chi connectivity index (χ0n) is 11.4. The number of likely N-dealkylation sites (N-methyl/N-ethyl adjacent to an activating group) is 1. The van der Waals surface area contributed by atoms with E-state index in [1.54, 1.807) is 0 Å². The number of aromatic nitrogens is 1. The van der Waals surface area contributed by atoms with Crippen molar-refractivity contribution in [2.75, 3.05) is 31.6 Å². The summed E-state index contributed by atoms with van der Waals surface area (Å²) < 4.78 is 0. The lowest BCUT2D eigenvalue weighted by molar-refractivity contribution is 0.233. The summed E-state index contributed by atoms with van der Waals surface area (Å²) in [6, 6.07) is 4.97. The number of piperazine rings is 1. The normalized spacial score (nSPS) is 21.9. The molecule has 0 saturated carbocycles. The molecule has 1 aromatic heterocycles. The molecule has 0 unspecified atom stereocenters. The van der Waals surface area contributed by atoms with Gasteiger partial charge in [0.15, 0.2) is 0 Å². The second-order valence-electron chi connectivity index (χ2n) is 5.06. The zero-order chi connectivity index (χ0) is 12.4. The third-order valence-electron chi connectivity index (χ3n) is 3.81. The molecule has 0 amide bonds. The van der Waals surface area contributed by atoms with Gasteiger partial charge in [0.2, 0.25) is 0 Å². The van der Waals surface area contributed by atoms with Crippen LogP contribution in [0.3, 0.4) is 0 Å². The highest BCUT2D eigenvalue weighted by Crippen LogP contribution is 2.18. The van der Waals surface area contributed by atoms with Crippen LogP contribution in [0.2, 0.25) is 0 Å². The maximum Gasteiger partial charge on any atom is 0.128 e. The number of hydrogen-bond donors (Lipinski definition) is 0. The van der Waals surface area contributed by atoms with Gasteiger partial charge in [0, 0.05) is 31.4 Å². The van der Waals surface area contributed by atoms with Gasteiger partial charge in [-0.1, -0.05) is 13.0 Å². The average Bonchev–Trinajstić information content (AvgIpc) is 2.33. The molecule has 1 aromatic rings. The minimum absolute atomic E-state index is 0.608. The molecular weight excluding hydrogens is 210 g/mol. The largest absolute Gasteiger partial charge is 0.354 e. The molecule has 0 aromatic carbocycles. The minimum Gasteiger partial charge on any atom is -0.354 e. The van der Waals surface area contributed by atoms with Crippen molar-refractivity contribution in [2.45, 2.75) is 33.2 Å². The van der Waals surface area contributed by atoms with Gasteiger partial charge in [-0.3, -0.25) is 0 Å². The summed E-state index contributed by atoms with van der Waals surface area (Å²) in [4.78, 5) is 9.60. The minimum atomic E-state index is 0.608. The van der Waals surface area contributed by atoms with Crippen molar-refractivity contribution in [3.05, 3.63) is 23.4 Å². The number of anilines is 1. The zero-order valence-corrected chi connectivity index (χ0v) is 11.4. The first kappa shape index (κ1) is 12.4. The molecule has 0 spiro atoms. The first-order valence-electron chi connectivity index (χ1n) is 6.53. The quantitative estimate of drug-likeness (QED) is 0.780. The van der Waals surface area contributed by atoms with E-state index in [4.69, 9.17) is 4.98 Å². The second-order valence-corrected chi connectivity index (χ2v) is 5.06. The number of pyridine rings is 1. The van der Waals surface area contributed by atoms with E-state index in [1.807, 2.05) is 0 Å². The summed E-state index contributed by atoms with van der Waals surface area (Å²) in [5.41, 5.74) is 2.53. The van der Waals surface area contributed by atoms with Crippen molar-refractivity contribution >= 4 is 5.82 Å². The van der Waals surface area contributed by atoms with Crippen LogP contribution in [0.5, 0.6) is 0 Å². The smallest absolute Gasteiger partial charge is 0.128 e. The summed E-state index contributed by atoms with van der Waals surface area (Å²) in [5, 5.41) is 0. The Kier molecular flexibility index (Phi) is 3.67. The summed E-state index contributed by atoms with van der Waals surface area (Å²) in [5.74, 6) is 1.15. The molecule has 1 aliphatic heterocycles. The van der Waals surface area contributed by atoms with Crippen LogP contribution in [0.1, 0.15) is 25.1 Å². The fraction of sp³-hybridized carbons (Fsp3) is 0.643. The Hall–Kier alpha value is -1.09. The van der Waals surface area contributed by atoms with E-state index in [0.717, 1.165) is 31.9 Å². The molecule has 2 heterocycles. The van der Waals surface area contributed by atoms with Crippen LogP contribution in [0.25, 0.3) is 0 Å². The molecule has 3 heteroatoms. The van der Waals surface area contributed by atoms with Gasteiger partial charge in [-0.2, -0.15) is 0 Å². The molecule has 1 saturated heterocycles. The van der Waals surface area contributed by atoms with Gasteiger partial charge in [-0.25, -0.2) is 4.98 Å². The van der Waals surface area contributed by atoms with Gasteiger partial charge in [0.25, 0.3) is 0 Å². The third kappa shape index (κ3) is 2.60. The fourth-order valence-corrected chi connectivity index (χ4v) is 2.35. The van der Waals surface area contributed by atoms with E-state index in [2.05, 4.69) is 49.8 Å². The fourth-order valence-electron chi connectivity index (χ4n) is 2.35. The maximum atomic E-state index is 4.78. The topological polar surface area (TPSA) is 19.4 Å². The highest BCUT2D eigenvalue weighted by atomic mass is 15.3. The van der Waals surface area contributed by atoms with E-state index in [9.17, 15) is 0 Å². The average molecular weight is 233 g/mol. The lowest BCUT2D eigenvalue weighted by atomic mass is 10.1. The maximum absolute atomic E-state index is 4.78. The van der Waals surface area contributed by atoms with Crippen LogP contribution >= 0.6 is 0 Å². The summed E-state index contributed by atoms with van der Waals surface area (Å²) >= 11 is 0.